The van der Waals surface area contributed by atoms with E-state index in [-0.39, 0.29) is 6.10 Å². The first-order valence-electron chi connectivity index (χ1n) is 6.61. The fourth-order valence-corrected chi connectivity index (χ4v) is 2.22. The van der Waals surface area contributed by atoms with Crippen molar-refractivity contribution in [3.05, 3.63) is 29.8 Å². The minimum atomic E-state index is 0.254. The van der Waals surface area contributed by atoms with Gasteiger partial charge in [0.2, 0.25) is 0 Å². The lowest BCUT2D eigenvalue weighted by Gasteiger charge is -2.32. The van der Waals surface area contributed by atoms with Crippen molar-refractivity contribution in [3.63, 3.8) is 0 Å². The van der Waals surface area contributed by atoms with Crippen LogP contribution in [0.25, 0.3) is 0 Å². The number of likely N-dealkylation sites (N-methyl/N-ethyl adjacent to an activating group) is 1. The molecule has 18 heavy (non-hydrogen) atoms. The Bertz CT molecular complexity index is 371. The number of nitrogens with zero attached hydrogens (tertiary/aromatic N) is 1. The number of nitrogens with one attached hydrogen (secondary N) is 1. The van der Waals surface area contributed by atoms with Crippen LogP contribution in [0.1, 0.15) is 12.5 Å². The lowest BCUT2D eigenvalue weighted by molar-refractivity contribution is -0.0253. The van der Waals surface area contributed by atoms with E-state index in [1.165, 1.54) is 0 Å². The summed E-state index contributed by atoms with van der Waals surface area (Å²) in [5.41, 5.74) is 0.931. The van der Waals surface area contributed by atoms with Gasteiger partial charge in [-0.25, -0.2) is 0 Å². The van der Waals surface area contributed by atoms with Gasteiger partial charge in [0.1, 0.15) is 5.75 Å². The van der Waals surface area contributed by atoms with Gasteiger partial charge >= 0.3 is 0 Å². The Kier molecular flexibility index (Phi) is 4.99. The number of morpholine rings is 1. The van der Waals surface area contributed by atoms with Crippen LogP contribution in [-0.4, -0.2) is 48.9 Å². The van der Waals surface area contributed by atoms with Gasteiger partial charge in [-0.1, -0.05) is 25.1 Å². The van der Waals surface area contributed by atoms with Crippen molar-refractivity contribution in [2.75, 3.05) is 32.8 Å². The topological polar surface area (TPSA) is 44.7 Å². The van der Waals surface area contributed by atoms with Crippen molar-refractivity contribution >= 4 is 0 Å². The Hall–Kier alpha value is -1.10. The number of phenolic OH excluding ortho intramolecular Hbond substituents is 1. The molecule has 1 aromatic rings. The molecule has 0 bridgehead atoms. The zero-order chi connectivity index (χ0) is 12.8. The van der Waals surface area contributed by atoms with E-state index in [0.717, 1.165) is 38.3 Å². The molecule has 1 aromatic carbocycles. The van der Waals surface area contributed by atoms with E-state index < -0.39 is 0 Å². The largest absolute Gasteiger partial charge is 0.508 e. The fraction of sp³-hybridized carbons (Fsp3) is 0.571. The molecule has 0 saturated carbocycles. The molecular formula is C14H22N2O2. The number of hydrogen-bond donors (Lipinski definition) is 2. The van der Waals surface area contributed by atoms with Gasteiger partial charge in [-0.2, -0.15) is 0 Å². The summed E-state index contributed by atoms with van der Waals surface area (Å²) in [6.45, 7) is 7.61. The van der Waals surface area contributed by atoms with Crippen LogP contribution in [0.2, 0.25) is 0 Å². The van der Waals surface area contributed by atoms with Crippen LogP contribution < -0.4 is 5.32 Å². The zero-order valence-corrected chi connectivity index (χ0v) is 10.9. The van der Waals surface area contributed by atoms with Crippen LogP contribution in [0.4, 0.5) is 0 Å². The minimum Gasteiger partial charge on any atom is -0.508 e. The highest BCUT2D eigenvalue weighted by Crippen LogP contribution is 2.14. The van der Waals surface area contributed by atoms with Gasteiger partial charge in [0.15, 0.2) is 0 Å². The first-order chi connectivity index (χ1) is 8.79. The second-order valence-corrected chi connectivity index (χ2v) is 4.65. The number of benzene rings is 1. The highest BCUT2D eigenvalue weighted by atomic mass is 16.5. The summed E-state index contributed by atoms with van der Waals surface area (Å²) in [5, 5.41) is 13.0. The molecule has 4 heteroatoms. The molecule has 2 rings (SSSR count). The van der Waals surface area contributed by atoms with Crippen molar-refractivity contribution in [2.24, 2.45) is 0 Å². The summed E-state index contributed by atoms with van der Waals surface area (Å²) in [6, 6.07) is 7.42. The number of aromatic hydroxyl groups is 1. The van der Waals surface area contributed by atoms with E-state index in [2.05, 4.69) is 17.1 Å². The first kappa shape index (κ1) is 13.3. The van der Waals surface area contributed by atoms with E-state index >= 15 is 0 Å². The number of rotatable bonds is 5. The van der Waals surface area contributed by atoms with Crippen molar-refractivity contribution in [1.29, 1.82) is 0 Å². The average molecular weight is 250 g/mol. The quantitative estimate of drug-likeness (QED) is 0.824. The summed E-state index contributed by atoms with van der Waals surface area (Å²) in [7, 11) is 0. The van der Waals surface area contributed by atoms with E-state index in [1.54, 1.807) is 6.07 Å². The molecule has 4 nitrogen and oxygen atoms in total. The lowest BCUT2D eigenvalue weighted by atomic mass is 10.2. The molecule has 100 valence electrons. The van der Waals surface area contributed by atoms with Gasteiger partial charge in [0, 0.05) is 31.7 Å². The van der Waals surface area contributed by atoms with E-state index in [0.29, 0.717) is 12.3 Å². The first-order valence-corrected chi connectivity index (χ1v) is 6.61. The van der Waals surface area contributed by atoms with Gasteiger partial charge in [0.05, 0.1) is 12.7 Å². The highest BCUT2D eigenvalue weighted by Gasteiger charge is 2.18. The van der Waals surface area contributed by atoms with Gasteiger partial charge in [-0.3, -0.25) is 4.90 Å². The van der Waals surface area contributed by atoms with Crippen LogP contribution in [0, 0.1) is 0 Å². The van der Waals surface area contributed by atoms with Gasteiger partial charge in [-0.05, 0) is 12.6 Å². The van der Waals surface area contributed by atoms with Crippen molar-refractivity contribution in [2.45, 2.75) is 19.6 Å². The van der Waals surface area contributed by atoms with E-state index in [9.17, 15) is 5.11 Å². The smallest absolute Gasteiger partial charge is 0.120 e. The molecule has 0 aromatic heterocycles. The summed E-state index contributed by atoms with van der Waals surface area (Å²) >= 11 is 0. The third kappa shape index (κ3) is 3.70. The highest BCUT2D eigenvalue weighted by molar-refractivity contribution is 5.31. The van der Waals surface area contributed by atoms with Crippen LogP contribution in [-0.2, 0) is 11.3 Å². The Labute approximate surface area is 109 Å². The van der Waals surface area contributed by atoms with E-state index in [1.807, 2.05) is 18.2 Å². The SMILES string of the molecule is CCN1CCOC(CNCc2ccccc2O)C1. The number of ether oxygens (including phenoxy) is 1. The molecule has 1 aliphatic rings. The minimum absolute atomic E-state index is 0.254. The lowest BCUT2D eigenvalue weighted by Crippen LogP contribution is -2.46. The number of para-hydroxylation sites is 1. The van der Waals surface area contributed by atoms with Crippen LogP contribution in [0.3, 0.4) is 0 Å². The molecule has 0 amide bonds. The van der Waals surface area contributed by atoms with Crippen molar-refractivity contribution < 1.29 is 9.84 Å². The third-order valence-corrected chi connectivity index (χ3v) is 3.35. The summed E-state index contributed by atoms with van der Waals surface area (Å²) in [4.78, 5) is 2.40. The monoisotopic (exact) mass is 250 g/mol. The second-order valence-electron chi connectivity index (χ2n) is 4.65. The molecule has 1 atom stereocenters. The van der Waals surface area contributed by atoms with Crippen LogP contribution in [0.15, 0.2) is 24.3 Å². The maximum Gasteiger partial charge on any atom is 0.120 e. The molecule has 1 saturated heterocycles. The normalized spacial score (nSPS) is 21.1. The predicted octanol–water partition coefficient (Wildman–Crippen LogP) is 1.20. The number of phenols is 1. The molecule has 0 aliphatic carbocycles. The average Bonchev–Trinajstić information content (AvgIpc) is 2.41. The molecule has 1 unspecified atom stereocenters. The second kappa shape index (κ2) is 6.73. The fourth-order valence-electron chi connectivity index (χ4n) is 2.22. The molecule has 1 fully saturated rings. The Balaban J connectivity index is 1.73. The number of hydrogen-bond acceptors (Lipinski definition) is 4. The summed E-state index contributed by atoms with van der Waals surface area (Å²) < 4.78 is 5.71. The zero-order valence-electron chi connectivity index (χ0n) is 10.9. The third-order valence-electron chi connectivity index (χ3n) is 3.35. The molecule has 1 heterocycles. The standard InChI is InChI=1S/C14H22N2O2/c1-2-16-7-8-18-13(11-16)10-15-9-12-5-3-4-6-14(12)17/h3-6,13,15,17H,2,7-11H2,1H3. The maximum atomic E-state index is 9.65. The maximum absolute atomic E-state index is 9.65. The molecule has 1 aliphatic heterocycles. The Morgan fingerprint density at radius 3 is 3.06 bits per heavy atom. The Morgan fingerprint density at radius 1 is 1.44 bits per heavy atom. The van der Waals surface area contributed by atoms with Crippen LogP contribution in [0.5, 0.6) is 5.75 Å². The van der Waals surface area contributed by atoms with Gasteiger partial charge in [-0.15, -0.1) is 0 Å². The van der Waals surface area contributed by atoms with E-state index in [4.69, 9.17) is 4.74 Å². The molecule has 0 spiro atoms. The molecule has 0 radical (unpaired) electrons. The summed E-state index contributed by atoms with van der Waals surface area (Å²) in [6.07, 6.45) is 0.254. The van der Waals surface area contributed by atoms with Crippen molar-refractivity contribution in [1.82, 2.24) is 10.2 Å². The van der Waals surface area contributed by atoms with Crippen molar-refractivity contribution in [3.8, 4) is 5.75 Å². The van der Waals surface area contributed by atoms with Gasteiger partial charge in [0.25, 0.3) is 0 Å². The predicted molar refractivity (Wildman–Crippen MR) is 71.7 cm³/mol. The molecular weight excluding hydrogens is 228 g/mol. The Morgan fingerprint density at radius 2 is 2.28 bits per heavy atom. The van der Waals surface area contributed by atoms with Gasteiger partial charge < -0.3 is 15.2 Å². The summed E-state index contributed by atoms with van der Waals surface area (Å²) in [5.74, 6) is 0.352. The molecule has 2 N–H and O–H groups in total. The van der Waals surface area contributed by atoms with Crippen LogP contribution >= 0.6 is 0 Å².